The minimum Gasteiger partial charge on any atom is -0.329 e. The Balaban J connectivity index is 0.00000242. The third-order valence-electron chi connectivity index (χ3n) is 3.15. The maximum absolute atomic E-state index is 12.8. The smallest absolute Gasteiger partial charge is 0.253 e. The number of rotatable bonds is 6. The van der Waals surface area contributed by atoms with Crippen LogP contribution in [0.2, 0.25) is 0 Å². The van der Waals surface area contributed by atoms with Gasteiger partial charge in [-0.1, -0.05) is 30.3 Å². The molecule has 0 bridgehead atoms. The Kier molecular flexibility index (Phi) is 7.02. The molecule has 0 unspecified atom stereocenters. The first-order valence-corrected chi connectivity index (χ1v) is 9.02. The third kappa shape index (κ3) is 4.30. The maximum atomic E-state index is 12.8. The molecule has 4 nitrogen and oxygen atoms in total. The Morgan fingerprint density at radius 3 is 2.32 bits per heavy atom. The van der Waals surface area contributed by atoms with Crippen molar-refractivity contribution in [3.05, 3.63) is 52.4 Å². The number of nitrogens with two attached hydrogens (primary N) is 1. The zero-order valence-electron chi connectivity index (χ0n) is 12.7. The SMILES string of the molecule is Cc1cc(C)c(S(=O)(=O)N(CCN)Cc2ccccc2)s1.Cl. The molecule has 0 atom stereocenters. The molecule has 2 rings (SSSR count). The molecule has 0 saturated carbocycles. The van der Waals surface area contributed by atoms with E-state index in [1.807, 2.05) is 50.2 Å². The van der Waals surface area contributed by atoms with Crippen molar-refractivity contribution >= 4 is 33.8 Å². The number of hydrogen-bond acceptors (Lipinski definition) is 4. The van der Waals surface area contributed by atoms with Gasteiger partial charge in [0, 0.05) is 24.5 Å². The molecule has 2 aromatic rings. The van der Waals surface area contributed by atoms with Crippen molar-refractivity contribution < 1.29 is 8.42 Å². The van der Waals surface area contributed by atoms with E-state index < -0.39 is 10.0 Å². The van der Waals surface area contributed by atoms with E-state index in [0.29, 0.717) is 23.8 Å². The predicted octanol–water partition coefficient (Wildman–Crippen LogP) is 2.94. The van der Waals surface area contributed by atoms with Crippen LogP contribution in [0.3, 0.4) is 0 Å². The van der Waals surface area contributed by atoms with Gasteiger partial charge in [0.2, 0.25) is 0 Å². The fourth-order valence-electron chi connectivity index (χ4n) is 2.21. The summed E-state index contributed by atoms with van der Waals surface area (Å²) in [5.41, 5.74) is 7.36. The molecule has 7 heteroatoms. The topological polar surface area (TPSA) is 63.4 Å². The first-order valence-electron chi connectivity index (χ1n) is 6.76. The number of aryl methyl sites for hydroxylation is 2. The van der Waals surface area contributed by atoms with Crippen LogP contribution in [0, 0.1) is 13.8 Å². The lowest BCUT2D eigenvalue weighted by Crippen LogP contribution is -2.34. The lowest BCUT2D eigenvalue weighted by molar-refractivity contribution is 0.415. The molecule has 0 aliphatic rings. The van der Waals surface area contributed by atoms with Gasteiger partial charge >= 0.3 is 0 Å². The van der Waals surface area contributed by atoms with Crippen molar-refractivity contribution in [3.8, 4) is 0 Å². The molecule has 1 heterocycles. The van der Waals surface area contributed by atoms with Crippen molar-refractivity contribution in [2.24, 2.45) is 5.73 Å². The third-order valence-corrected chi connectivity index (χ3v) is 6.76. The predicted molar refractivity (Wildman–Crippen MR) is 94.1 cm³/mol. The maximum Gasteiger partial charge on any atom is 0.253 e. The van der Waals surface area contributed by atoms with E-state index in [0.717, 1.165) is 16.0 Å². The van der Waals surface area contributed by atoms with Crippen LogP contribution in [0.5, 0.6) is 0 Å². The van der Waals surface area contributed by atoms with E-state index in [-0.39, 0.29) is 12.4 Å². The van der Waals surface area contributed by atoms with Crippen LogP contribution in [-0.2, 0) is 16.6 Å². The largest absolute Gasteiger partial charge is 0.329 e. The molecular formula is C15H21ClN2O2S2. The Labute approximate surface area is 142 Å². The molecule has 0 amide bonds. The average molecular weight is 361 g/mol. The minimum absolute atomic E-state index is 0. The summed E-state index contributed by atoms with van der Waals surface area (Å²) in [7, 11) is -3.50. The van der Waals surface area contributed by atoms with E-state index in [1.165, 1.54) is 15.6 Å². The summed E-state index contributed by atoms with van der Waals surface area (Å²) < 4.78 is 27.6. The highest BCUT2D eigenvalue weighted by atomic mass is 35.5. The summed E-state index contributed by atoms with van der Waals surface area (Å²) in [5, 5.41) is 0. The zero-order chi connectivity index (χ0) is 15.5. The van der Waals surface area contributed by atoms with Gasteiger partial charge in [-0.3, -0.25) is 0 Å². The number of thiophene rings is 1. The first-order chi connectivity index (χ1) is 9.95. The molecule has 0 fully saturated rings. The Morgan fingerprint density at radius 2 is 1.82 bits per heavy atom. The van der Waals surface area contributed by atoms with Crippen molar-refractivity contribution in [3.63, 3.8) is 0 Å². The second-order valence-corrected chi connectivity index (χ2v) is 8.33. The van der Waals surface area contributed by atoms with Crippen LogP contribution < -0.4 is 5.73 Å². The molecule has 1 aromatic heterocycles. The second kappa shape index (κ2) is 8.08. The van der Waals surface area contributed by atoms with Crippen molar-refractivity contribution in [2.75, 3.05) is 13.1 Å². The standard InChI is InChI=1S/C15H20N2O2S2.ClH/c1-12-10-13(2)20-15(12)21(18,19)17(9-8-16)11-14-6-4-3-5-7-14;/h3-7,10H,8-9,11,16H2,1-2H3;1H. The number of halogens is 1. The molecule has 1 aromatic carbocycles. The van der Waals surface area contributed by atoms with Gasteiger partial charge in [0.25, 0.3) is 10.0 Å². The van der Waals surface area contributed by atoms with Gasteiger partial charge in [-0.05, 0) is 31.0 Å². The summed E-state index contributed by atoms with van der Waals surface area (Å²) in [6.07, 6.45) is 0. The quantitative estimate of drug-likeness (QED) is 0.861. The number of hydrogen-bond donors (Lipinski definition) is 1. The monoisotopic (exact) mass is 360 g/mol. The van der Waals surface area contributed by atoms with Crippen LogP contribution in [0.25, 0.3) is 0 Å². The van der Waals surface area contributed by atoms with E-state index >= 15 is 0 Å². The molecule has 0 saturated heterocycles. The molecule has 0 spiro atoms. The molecule has 22 heavy (non-hydrogen) atoms. The molecule has 0 radical (unpaired) electrons. The van der Waals surface area contributed by atoms with Crippen molar-refractivity contribution in [1.29, 1.82) is 0 Å². The van der Waals surface area contributed by atoms with E-state index in [9.17, 15) is 8.42 Å². The summed E-state index contributed by atoms with van der Waals surface area (Å²) in [6, 6.07) is 11.5. The zero-order valence-corrected chi connectivity index (χ0v) is 15.1. The minimum atomic E-state index is -3.50. The van der Waals surface area contributed by atoms with Crippen LogP contribution in [0.4, 0.5) is 0 Å². The lowest BCUT2D eigenvalue weighted by Gasteiger charge is -2.21. The van der Waals surface area contributed by atoms with Crippen LogP contribution in [0.15, 0.2) is 40.6 Å². The Bertz CT molecular complexity index is 700. The van der Waals surface area contributed by atoms with Gasteiger partial charge in [-0.2, -0.15) is 4.31 Å². The lowest BCUT2D eigenvalue weighted by atomic mass is 10.2. The van der Waals surface area contributed by atoms with E-state index in [2.05, 4.69) is 0 Å². The highest BCUT2D eigenvalue weighted by Gasteiger charge is 2.27. The summed E-state index contributed by atoms with van der Waals surface area (Å²) in [6.45, 7) is 4.71. The number of sulfonamides is 1. The number of nitrogens with zero attached hydrogens (tertiary/aromatic N) is 1. The van der Waals surface area contributed by atoms with E-state index in [4.69, 9.17) is 5.73 Å². The van der Waals surface area contributed by atoms with Crippen molar-refractivity contribution in [2.45, 2.75) is 24.6 Å². The fourth-order valence-corrected chi connectivity index (χ4v) is 5.45. The van der Waals surface area contributed by atoms with Gasteiger partial charge in [0.1, 0.15) is 4.21 Å². The van der Waals surface area contributed by atoms with Gasteiger partial charge in [0.15, 0.2) is 0 Å². The molecule has 0 aliphatic carbocycles. The second-order valence-electron chi connectivity index (χ2n) is 4.94. The molecule has 2 N–H and O–H groups in total. The first kappa shape index (κ1) is 19.1. The van der Waals surface area contributed by atoms with E-state index in [1.54, 1.807) is 0 Å². The Hall–Kier alpha value is -0.920. The van der Waals surface area contributed by atoms with Crippen LogP contribution >= 0.6 is 23.7 Å². The van der Waals surface area contributed by atoms with Crippen molar-refractivity contribution in [1.82, 2.24) is 4.31 Å². The van der Waals surface area contributed by atoms with Gasteiger partial charge in [-0.15, -0.1) is 23.7 Å². The summed E-state index contributed by atoms with van der Waals surface area (Å²) in [4.78, 5) is 0.999. The highest BCUT2D eigenvalue weighted by Crippen LogP contribution is 2.29. The molecular weight excluding hydrogens is 340 g/mol. The van der Waals surface area contributed by atoms with Gasteiger partial charge in [-0.25, -0.2) is 8.42 Å². The highest BCUT2D eigenvalue weighted by molar-refractivity contribution is 7.91. The summed E-state index contributed by atoms with van der Waals surface area (Å²) >= 11 is 1.32. The number of benzene rings is 1. The van der Waals surface area contributed by atoms with Gasteiger partial charge in [0.05, 0.1) is 0 Å². The fraction of sp³-hybridized carbons (Fsp3) is 0.333. The van der Waals surface area contributed by atoms with Crippen LogP contribution in [0.1, 0.15) is 16.0 Å². The van der Waals surface area contributed by atoms with Gasteiger partial charge < -0.3 is 5.73 Å². The molecule has 122 valence electrons. The normalized spacial score (nSPS) is 11.5. The summed E-state index contributed by atoms with van der Waals surface area (Å²) in [5.74, 6) is 0. The van der Waals surface area contributed by atoms with Crippen LogP contribution in [-0.4, -0.2) is 25.8 Å². The Morgan fingerprint density at radius 1 is 1.18 bits per heavy atom. The average Bonchev–Trinajstić information content (AvgIpc) is 2.79. The molecule has 0 aliphatic heterocycles.